The predicted octanol–water partition coefficient (Wildman–Crippen LogP) is 2.84. The third-order valence-electron chi connectivity index (χ3n) is 4.38. The van der Waals surface area contributed by atoms with Gasteiger partial charge in [-0.15, -0.1) is 12.4 Å². The normalized spacial score (nSPS) is 10.0. The van der Waals surface area contributed by atoms with Crippen LogP contribution in [-0.4, -0.2) is 54.8 Å². The van der Waals surface area contributed by atoms with E-state index in [0.29, 0.717) is 37.3 Å². The summed E-state index contributed by atoms with van der Waals surface area (Å²) in [6, 6.07) is 17.0. The van der Waals surface area contributed by atoms with Crippen molar-refractivity contribution in [2.24, 2.45) is 5.73 Å². The molecule has 2 aromatic carbocycles. The number of nitrogens with two attached hydrogens (primary N) is 1. The summed E-state index contributed by atoms with van der Waals surface area (Å²) in [6.07, 6.45) is 0.768. The SMILES string of the molecule is CCN(C)C(=O)c1cccc(C(=O)N(CCN)CCc2ccccc2)c1.Cl. The summed E-state index contributed by atoms with van der Waals surface area (Å²) in [5, 5.41) is 0. The highest BCUT2D eigenvalue weighted by atomic mass is 35.5. The molecule has 146 valence electrons. The number of carbonyl (C=O) groups is 2. The summed E-state index contributed by atoms with van der Waals surface area (Å²) in [7, 11) is 1.75. The van der Waals surface area contributed by atoms with Crippen LogP contribution < -0.4 is 5.73 Å². The van der Waals surface area contributed by atoms with E-state index in [0.717, 1.165) is 6.42 Å². The molecule has 0 spiro atoms. The minimum atomic E-state index is -0.0971. The average molecular weight is 390 g/mol. The molecule has 0 saturated carbocycles. The second-order valence-corrected chi connectivity index (χ2v) is 6.22. The number of hydrogen-bond donors (Lipinski definition) is 1. The van der Waals surface area contributed by atoms with Crippen molar-refractivity contribution in [3.63, 3.8) is 0 Å². The summed E-state index contributed by atoms with van der Waals surface area (Å²) < 4.78 is 0. The zero-order chi connectivity index (χ0) is 18.9. The molecule has 0 fully saturated rings. The molecule has 2 rings (SSSR count). The Morgan fingerprint density at radius 2 is 1.56 bits per heavy atom. The van der Waals surface area contributed by atoms with Gasteiger partial charge in [-0.1, -0.05) is 36.4 Å². The maximum absolute atomic E-state index is 12.9. The molecule has 0 heterocycles. The van der Waals surface area contributed by atoms with Crippen molar-refractivity contribution in [3.05, 3.63) is 71.3 Å². The molecule has 2 N–H and O–H groups in total. The van der Waals surface area contributed by atoms with Crippen LogP contribution in [0.5, 0.6) is 0 Å². The van der Waals surface area contributed by atoms with E-state index in [1.54, 1.807) is 41.1 Å². The predicted molar refractivity (Wildman–Crippen MR) is 111 cm³/mol. The fourth-order valence-electron chi connectivity index (χ4n) is 2.71. The molecule has 0 aromatic heterocycles. The van der Waals surface area contributed by atoms with Crippen LogP contribution in [0.2, 0.25) is 0 Å². The third-order valence-corrected chi connectivity index (χ3v) is 4.38. The molecule has 2 aromatic rings. The molecule has 6 heteroatoms. The van der Waals surface area contributed by atoms with Crippen LogP contribution in [0.25, 0.3) is 0 Å². The highest BCUT2D eigenvalue weighted by Crippen LogP contribution is 2.12. The summed E-state index contributed by atoms with van der Waals surface area (Å²) in [4.78, 5) is 28.6. The molecule has 5 nitrogen and oxygen atoms in total. The van der Waals surface area contributed by atoms with Crippen LogP contribution in [0, 0.1) is 0 Å². The summed E-state index contributed by atoms with van der Waals surface area (Å²) in [5.41, 5.74) is 7.91. The van der Waals surface area contributed by atoms with E-state index in [1.807, 2.05) is 37.3 Å². The van der Waals surface area contributed by atoms with Crippen LogP contribution >= 0.6 is 12.4 Å². The van der Waals surface area contributed by atoms with Gasteiger partial charge < -0.3 is 15.5 Å². The van der Waals surface area contributed by atoms with E-state index in [-0.39, 0.29) is 24.2 Å². The molecular formula is C21H28ClN3O2. The largest absolute Gasteiger partial charge is 0.342 e. The number of halogens is 1. The van der Waals surface area contributed by atoms with Gasteiger partial charge in [0.1, 0.15) is 0 Å². The molecule has 0 unspecified atom stereocenters. The number of amides is 2. The molecule has 0 atom stereocenters. The van der Waals surface area contributed by atoms with E-state index in [4.69, 9.17) is 5.73 Å². The lowest BCUT2D eigenvalue weighted by molar-refractivity contribution is 0.0762. The van der Waals surface area contributed by atoms with Crippen LogP contribution in [0.4, 0.5) is 0 Å². The van der Waals surface area contributed by atoms with Crippen LogP contribution in [0.1, 0.15) is 33.2 Å². The first-order valence-corrected chi connectivity index (χ1v) is 8.95. The standard InChI is InChI=1S/C21H27N3O2.ClH/c1-3-23(2)20(25)18-10-7-11-19(16-18)21(26)24(15-13-22)14-12-17-8-5-4-6-9-17;/h4-11,16H,3,12-15,22H2,1-2H3;1H. The Bertz CT molecular complexity index is 737. The monoisotopic (exact) mass is 389 g/mol. The van der Waals surface area contributed by atoms with E-state index >= 15 is 0 Å². The minimum Gasteiger partial charge on any atom is -0.342 e. The van der Waals surface area contributed by atoms with E-state index in [1.165, 1.54) is 5.56 Å². The summed E-state index contributed by atoms with van der Waals surface area (Å²) >= 11 is 0. The fraction of sp³-hybridized carbons (Fsp3) is 0.333. The van der Waals surface area contributed by atoms with Gasteiger partial charge in [0, 0.05) is 44.4 Å². The zero-order valence-corrected chi connectivity index (χ0v) is 16.7. The molecule has 2 amide bonds. The Labute approximate surface area is 167 Å². The zero-order valence-electron chi connectivity index (χ0n) is 15.9. The van der Waals surface area contributed by atoms with Gasteiger partial charge in [0.25, 0.3) is 11.8 Å². The number of nitrogens with zero attached hydrogens (tertiary/aromatic N) is 2. The van der Waals surface area contributed by atoms with Gasteiger partial charge in [0.15, 0.2) is 0 Å². The van der Waals surface area contributed by atoms with Gasteiger partial charge in [-0.3, -0.25) is 9.59 Å². The lowest BCUT2D eigenvalue weighted by atomic mass is 10.1. The van der Waals surface area contributed by atoms with Crippen molar-refractivity contribution in [2.45, 2.75) is 13.3 Å². The molecule has 0 bridgehead atoms. The first kappa shape index (κ1) is 22.7. The molecular weight excluding hydrogens is 362 g/mol. The lowest BCUT2D eigenvalue weighted by Crippen LogP contribution is -2.37. The molecule has 27 heavy (non-hydrogen) atoms. The average Bonchev–Trinajstić information content (AvgIpc) is 2.70. The second kappa shape index (κ2) is 11.4. The smallest absolute Gasteiger partial charge is 0.253 e. The van der Waals surface area contributed by atoms with Crippen LogP contribution in [-0.2, 0) is 6.42 Å². The number of hydrogen-bond acceptors (Lipinski definition) is 3. The topological polar surface area (TPSA) is 66.6 Å². The van der Waals surface area contributed by atoms with Crippen molar-refractivity contribution < 1.29 is 9.59 Å². The highest BCUT2D eigenvalue weighted by Gasteiger charge is 2.17. The molecule has 0 aliphatic heterocycles. The van der Waals surface area contributed by atoms with Gasteiger partial charge in [0.05, 0.1) is 0 Å². The number of rotatable bonds is 8. The van der Waals surface area contributed by atoms with Gasteiger partial charge in [-0.2, -0.15) is 0 Å². The quantitative estimate of drug-likeness (QED) is 0.754. The third kappa shape index (κ3) is 6.38. The van der Waals surface area contributed by atoms with E-state index in [2.05, 4.69) is 0 Å². The summed E-state index contributed by atoms with van der Waals surface area (Å²) in [6.45, 7) is 4.01. The van der Waals surface area contributed by atoms with Crippen molar-refractivity contribution >= 4 is 24.2 Å². The maximum Gasteiger partial charge on any atom is 0.253 e. The Kier molecular flexibility index (Phi) is 9.54. The summed E-state index contributed by atoms with van der Waals surface area (Å²) in [5.74, 6) is -0.183. The maximum atomic E-state index is 12.9. The van der Waals surface area contributed by atoms with Gasteiger partial charge in [-0.25, -0.2) is 0 Å². The van der Waals surface area contributed by atoms with Crippen LogP contribution in [0.3, 0.4) is 0 Å². The molecule has 0 radical (unpaired) electrons. The first-order valence-electron chi connectivity index (χ1n) is 8.95. The Morgan fingerprint density at radius 1 is 0.926 bits per heavy atom. The van der Waals surface area contributed by atoms with Crippen molar-refractivity contribution in [1.29, 1.82) is 0 Å². The fourth-order valence-corrected chi connectivity index (χ4v) is 2.71. The van der Waals surface area contributed by atoms with Crippen molar-refractivity contribution in [1.82, 2.24) is 9.80 Å². The van der Waals surface area contributed by atoms with Crippen molar-refractivity contribution in [2.75, 3.05) is 33.2 Å². The Morgan fingerprint density at radius 3 is 2.15 bits per heavy atom. The van der Waals surface area contributed by atoms with Gasteiger partial charge in [-0.05, 0) is 37.1 Å². The van der Waals surface area contributed by atoms with Gasteiger partial charge >= 0.3 is 0 Å². The molecule has 0 aliphatic carbocycles. The van der Waals surface area contributed by atoms with E-state index in [9.17, 15) is 9.59 Å². The number of carbonyl (C=O) groups excluding carboxylic acids is 2. The van der Waals surface area contributed by atoms with Gasteiger partial charge in [0.2, 0.25) is 0 Å². The lowest BCUT2D eigenvalue weighted by Gasteiger charge is -2.23. The van der Waals surface area contributed by atoms with E-state index < -0.39 is 0 Å². The van der Waals surface area contributed by atoms with Crippen LogP contribution in [0.15, 0.2) is 54.6 Å². The Hall–Kier alpha value is -2.37. The highest BCUT2D eigenvalue weighted by molar-refractivity contribution is 5.99. The molecule has 0 saturated heterocycles. The van der Waals surface area contributed by atoms with Crippen molar-refractivity contribution in [3.8, 4) is 0 Å². The number of benzene rings is 2. The second-order valence-electron chi connectivity index (χ2n) is 6.22. The molecule has 0 aliphatic rings. The minimum absolute atomic E-state index is 0. The first-order chi connectivity index (χ1) is 12.6. The Balaban J connectivity index is 0.00000364.